The third-order valence-corrected chi connectivity index (χ3v) is 3.53. The molecule has 2 aliphatic heterocycles. The molecule has 18 heavy (non-hydrogen) atoms. The van der Waals surface area contributed by atoms with E-state index < -0.39 is 24.5 Å². The lowest BCUT2D eigenvalue weighted by molar-refractivity contribution is -0.0351. The normalized spacial score (nSPS) is 33.9. The fourth-order valence-corrected chi connectivity index (χ4v) is 2.64. The third kappa shape index (κ3) is 1.07. The summed E-state index contributed by atoms with van der Waals surface area (Å²) >= 11 is 0. The van der Waals surface area contributed by atoms with Gasteiger partial charge in [0.1, 0.15) is 23.8 Å². The van der Waals surface area contributed by atoms with Gasteiger partial charge in [0.05, 0.1) is 6.54 Å². The summed E-state index contributed by atoms with van der Waals surface area (Å²) in [5, 5.41) is 27.7. The first kappa shape index (κ1) is 10.2. The second-order valence-corrected chi connectivity index (χ2v) is 4.57. The van der Waals surface area contributed by atoms with Gasteiger partial charge in [0.25, 0.3) is 5.56 Å². The van der Waals surface area contributed by atoms with E-state index in [1.807, 2.05) is 0 Å². The molecule has 4 rings (SSSR count). The molecule has 8 nitrogen and oxygen atoms in total. The van der Waals surface area contributed by atoms with Crippen molar-refractivity contribution in [2.75, 3.05) is 0 Å². The molecule has 0 radical (unpaired) electrons. The first-order valence-electron chi connectivity index (χ1n) is 5.63. The highest BCUT2D eigenvalue weighted by Gasteiger charge is 2.47. The summed E-state index contributed by atoms with van der Waals surface area (Å²) < 4.78 is 8.36. The fraction of sp³-hybridized carbons (Fsp3) is 0.500. The summed E-state index contributed by atoms with van der Waals surface area (Å²) in [6.07, 6.45) is -3.63. The van der Waals surface area contributed by atoms with E-state index in [0.717, 1.165) is 0 Å². The number of aliphatic hydroxyl groups excluding tert-OH is 2. The third-order valence-electron chi connectivity index (χ3n) is 3.53. The Hall–Kier alpha value is -1.77. The average Bonchev–Trinajstić information content (AvgIpc) is 2.80. The molecule has 2 bridgehead atoms. The zero-order chi connectivity index (χ0) is 12.4. The van der Waals surface area contributed by atoms with Crippen LogP contribution in [0, 0.1) is 0 Å². The van der Waals surface area contributed by atoms with Crippen LogP contribution in [0.25, 0.3) is 11.2 Å². The molecule has 1 fully saturated rings. The van der Waals surface area contributed by atoms with Gasteiger partial charge in [0, 0.05) is 6.07 Å². The molecule has 0 spiro atoms. The lowest BCUT2D eigenvalue weighted by Crippen LogP contribution is -2.38. The lowest BCUT2D eigenvalue weighted by atomic mass is 10.1. The number of ether oxygens (including phenoxy) is 1. The molecule has 0 aromatic carbocycles. The zero-order valence-electron chi connectivity index (χ0n) is 9.17. The molecule has 94 valence electrons. The molecular formula is C10H10N4O4. The molecule has 2 aromatic rings. The highest BCUT2D eigenvalue weighted by atomic mass is 16.6. The maximum Gasteiger partial charge on any atom is 0.254 e. The molecule has 1 unspecified atom stereocenters. The fourth-order valence-electron chi connectivity index (χ4n) is 2.64. The van der Waals surface area contributed by atoms with E-state index in [9.17, 15) is 15.0 Å². The Kier molecular flexibility index (Phi) is 1.79. The standard InChI is InChI=1S/C10H10N4O4/c15-6-2-1-4-9-13(12-11-4)3-5-7(16)8(17)10(18-5)14(6)9/h1-2,5,7-8,10,16-17H,3H2/t5-,7+,8?,10+/m0/s1. The maximum atomic E-state index is 12.0. The van der Waals surface area contributed by atoms with E-state index in [0.29, 0.717) is 11.2 Å². The van der Waals surface area contributed by atoms with Crippen molar-refractivity contribution in [1.82, 2.24) is 19.6 Å². The predicted molar refractivity (Wildman–Crippen MR) is 57.7 cm³/mol. The van der Waals surface area contributed by atoms with E-state index in [1.165, 1.54) is 15.3 Å². The van der Waals surface area contributed by atoms with Crippen molar-refractivity contribution in [3.63, 3.8) is 0 Å². The topological polar surface area (TPSA) is 102 Å². The van der Waals surface area contributed by atoms with E-state index in [-0.39, 0.29) is 12.1 Å². The molecule has 8 heteroatoms. The molecule has 2 N–H and O–H groups in total. The Morgan fingerprint density at radius 2 is 2.17 bits per heavy atom. The van der Waals surface area contributed by atoms with Crippen LogP contribution >= 0.6 is 0 Å². The summed E-state index contributed by atoms with van der Waals surface area (Å²) in [6.45, 7) is 0.259. The smallest absolute Gasteiger partial charge is 0.254 e. The van der Waals surface area contributed by atoms with Crippen molar-refractivity contribution in [2.24, 2.45) is 0 Å². The summed E-state index contributed by atoms with van der Waals surface area (Å²) in [5.74, 6) is 0. The molecule has 4 atom stereocenters. The Bertz CT molecular complexity index is 693. The van der Waals surface area contributed by atoms with Gasteiger partial charge in [-0.1, -0.05) is 5.21 Å². The van der Waals surface area contributed by atoms with Gasteiger partial charge in [-0.2, -0.15) is 0 Å². The van der Waals surface area contributed by atoms with Gasteiger partial charge in [-0.3, -0.25) is 9.36 Å². The molecule has 0 amide bonds. The largest absolute Gasteiger partial charge is 0.387 e. The second kappa shape index (κ2) is 3.16. The van der Waals surface area contributed by atoms with Crippen LogP contribution in [0.2, 0.25) is 0 Å². The SMILES string of the molecule is O=c1ccc2nnn3c2n1[C@@H]1O[C@@H](C3)[C@@H](O)C1O. The summed E-state index contributed by atoms with van der Waals surface area (Å²) in [4.78, 5) is 12.0. The number of rotatable bonds is 0. The summed E-state index contributed by atoms with van der Waals surface area (Å²) in [6, 6.07) is 2.93. The number of hydrogen-bond acceptors (Lipinski definition) is 6. The summed E-state index contributed by atoms with van der Waals surface area (Å²) in [7, 11) is 0. The van der Waals surface area contributed by atoms with Crippen molar-refractivity contribution >= 4 is 11.2 Å². The van der Waals surface area contributed by atoms with Crippen LogP contribution in [0.5, 0.6) is 0 Å². The van der Waals surface area contributed by atoms with Gasteiger partial charge in [0.2, 0.25) is 0 Å². The van der Waals surface area contributed by atoms with Crippen molar-refractivity contribution in [1.29, 1.82) is 0 Å². The van der Waals surface area contributed by atoms with Gasteiger partial charge in [0.15, 0.2) is 11.9 Å². The van der Waals surface area contributed by atoms with Crippen LogP contribution in [-0.2, 0) is 11.3 Å². The highest BCUT2D eigenvalue weighted by molar-refractivity contribution is 5.70. The van der Waals surface area contributed by atoms with E-state index >= 15 is 0 Å². The van der Waals surface area contributed by atoms with Gasteiger partial charge < -0.3 is 14.9 Å². The molecule has 4 heterocycles. The van der Waals surface area contributed by atoms with E-state index in [1.54, 1.807) is 6.07 Å². The molecule has 2 aromatic heterocycles. The quantitative estimate of drug-likeness (QED) is 0.573. The molecule has 2 aliphatic rings. The van der Waals surface area contributed by atoms with Gasteiger partial charge in [-0.05, 0) is 6.07 Å². The minimum atomic E-state index is -1.12. The molecular weight excluding hydrogens is 240 g/mol. The number of pyridine rings is 1. The number of aromatic nitrogens is 4. The average molecular weight is 250 g/mol. The van der Waals surface area contributed by atoms with Crippen molar-refractivity contribution in [3.8, 4) is 0 Å². The maximum absolute atomic E-state index is 12.0. The van der Waals surface area contributed by atoms with Crippen molar-refractivity contribution < 1.29 is 14.9 Å². The van der Waals surface area contributed by atoms with Gasteiger partial charge in [-0.25, -0.2) is 4.68 Å². The van der Waals surface area contributed by atoms with Crippen LogP contribution in [0.3, 0.4) is 0 Å². The van der Waals surface area contributed by atoms with Gasteiger partial charge >= 0.3 is 0 Å². The first-order chi connectivity index (χ1) is 8.66. The van der Waals surface area contributed by atoms with Crippen molar-refractivity contribution in [3.05, 3.63) is 22.5 Å². The Morgan fingerprint density at radius 1 is 1.33 bits per heavy atom. The Labute approximate surface area is 100 Å². The molecule has 0 aliphatic carbocycles. The van der Waals surface area contributed by atoms with E-state index in [4.69, 9.17) is 4.74 Å². The van der Waals surface area contributed by atoms with Crippen LogP contribution in [-0.4, -0.2) is 48.1 Å². The lowest BCUT2D eigenvalue weighted by Gasteiger charge is -2.19. The van der Waals surface area contributed by atoms with Crippen LogP contribution in [0.15, 0.2) is 16.9 Å². The van der Waals surface area contributed by atoms with Crippen LogP contribution < -0.4 is 5.56 Å². The number of fused-ring (bicyclic) bond motifs is 3. The highest BCUT2D eigenvalue weighted by Crippen LogP contribution is 2.33. The Balaban J connectivity index is 2.10. The Morgan fingerprint density at radius 3 is 3.00 bits per heavy atom. The van der Waals surface area contributed by atoms with E-state index in [2.05, 4.69) is 10.3 Å². The van der Waals surface area contributed by atoms with Crippen molar-refractivity contribution in [2.45, 2.75) is 31.1 Å². The predicted octanol–water partition coefficient (Wildman–Crippen LogP) is -1.77. The number of nitrogens with zero attached hydrogens (tertiary/aromatic N) is 4. The first-order valence-corrected chi connectivity index (χ1v) is 5.63. The monoisotopic (exact) mass is 250 g/mol. The zero-order valence-corrected chi connectivity index (χ0v) is 9.17. The van der Waals surface area contributed by atoms with Crippen LogP contribution in [0.4, 0.5) is 0 Å². The minimum Gasteiger partial charge on any atom is -0.387 e. The minimum absolute atomic E-state index is 0.259. The summed E-state index contributed by atoms with van der Waals surface area (Å²) in [5.41, 5.74) is 0.762. The number of aliphatic hydroxyl groups is 2. The number of hydrogen-bond donors (Lipinski definition) is 2. The molecule has 0 saturated carbocycles. The second-order valence-electron chi connectivity index (χ2n) is 4.57. The van der Waals surface area contributed by atoms with Crippen LogP contribution in [0.1, 0.15) is 6.23 Å². The van der Waals surface area contributed by atoms with Gasteiger partial charge in [-0.15, -0.1) is 5.10 Å². The molecule has 1 saturated heterocycles.